The van der Waals surface area contributed by atoms with Crippen LogP contribution in [0, 0.1) is 0 Å². The largest absolute Gasteiger partial charge is 0.356 e. The number of benzene rings is 1. The summed E-state index contributed by atoms with van der Waals surface area (Å²) in [4.78, 5) is 4.24. The summed E-state index contributed by atoms with van der Waals surface area (Å²) in [6.07, 6.45) is 6.31. The summed E-state index contributed by atoms with van der Waals surface area (Å²) in [6.45, 7) is 0.604. The molecule has 2 atom stereocenters. The van der Waals surface area contributed by atoms with Crippen LogP contribution in [0.2, 0.25) is 0 Å². The minimum absolute atomic E-state index is 0.110. The minimum Gasteiger partial charge on any atom is -0.356 e. The van der Waals surface area contributed by atoms with E-state index in [0.717, 1.165) is 29.6 Å². The normalized spacial score (nSPS) is 21.3. The first-order valence-corrected chi connectivity index (χ1v) is 11.9. The Bertz CT molecular complexity index is 648. The van der Waals surface area contributed by atoms with E-state index in [1.165, 1.54) is 6.42 Å². The van der Waals surface area contributed by atoms with Crippen LogP contribution in [0.25, 0.3) is 0 Å². The van der Waals surface area contributed by atoms with Gasteiger partial charge in [-0.3, -0.25) is 4.99 Å². The number of aliphatic imine (C=N–C) groups is 1. The highest BCUT2D eigenvalue weighted by molar-refractivity contribution is 7.99. The first kappa shape index (κ1) is 20.1. The molecule has 0 spiro atoms. The van der Waals surface area contributed by atoms with Crippen molar-refractivity contribution in [1.29, 1.82) is 0 Å². The van der Waals surface area contributed by atoms with Crippen LogP contribution in [0.4, 0.5) is 0 Å². The van der Waals surface area contributed by atoms with Gasteiger partial charge in [0.1, 0.15) is 0 Å². The molecular formula is C18H29N3O2S2. The summed E-state index contributed by atoms with van der Waals surface area (Å²) in [7, 11) is -1.32. The number of rotatable bonds is 8. The first-order chi connectivity index (χ1) is 12.0. The van der Waals surface area contributed by atoms with Crippen LogP contribution in [0.5, 0.6) is 0 Å². The second-order valence-electron chi connectivity index (χ2n) is 6.44. The molecule has 2 unspecified atom stereocenters. The number of guanidine groups is 1. The number of hydrogen-bond donors (Lipinski definition) is 2. The maximum atomic E-state index is 12.2. The van der Waals surface area contributed by atoms with Gasteiger partial charge in [-0.15, -0.1) is 0 Å². The highest BCUT2D eigenvalue weighted by Crippen LogP contribution is 2.27. The van der Waals surface area contributed by atoms with Crippen LogP contribution >= 0.6 is 11.8 Å². The standard InChI is InChI=1S/C18H29N3O2S2/c1-19-18(21-16-9-10-17(13-16)24-2)20-11-6-12-25(22,23)14-15-7-4-3-5-8-15/h3-5,7-8,16-17H,6,9-14H2,1-2H3,(H2,19,20,21). The van der Waals surface area contributed by atoms with E-state index >= 15 is 0 Å². The van der Waals surface area contributed by atoms with Gasteiger partial charge in [0.15, 0.2) is 15.8 Å². The Kier molecular flexibility index (Phi) is 8.09. The summed E-state index contributed by atoms with van der Waals surface area (Å²) < 4.78 is 24.4. The van der Waals surface area contributed by atoms with E-state index in [9.17, 15) is 8.42 Å². The van der Waals surface area contributed by atoms with Gasteiger partial charge in [0, 0.05) is 24.9 Å². The number of thioether (sulfide) groups is 1. The molecule has 140 valence electrons. The fourth-order valence-corrected chi connectivity index (χ4v) is 5.30. The predicted molar refractivity (Wildman–Crippen MR) is 108 cm³/mol. The molecule has 1 aliphatic rings. The molecule has 0 bridgehead atoms. The van der Waals surface area contributed by atoms with E-state index in [1.54, 1.807) is 7.05 Å². The van der Waals surface area contributed by atoms with Crippen LogP contribution in [0.3, 0.4) is 0 Å². The van der Waals surface area contributed by atoms with Crippen molar-refractivity contribution in [2.75, 3.05) is 25.6 Å². The van der Waals surface area contributed by atoms with Crippen molar-refractivity contribution in [3.05, 3.63) is 35.9 Å². The lowest BCUT2D eigenvalue weighted by Crippen LogP contribution is -2.43. The Labute approximate surface area is 156 Å². The molecule has 0 heterocycles. The van der Waals surface area contributed by atoms with Crippen molar-refractivity contribution in [2.24, 2.45) is 4.99 Å². The molecule has 0 aliphatic heterocycles. The van der Waals surface area contributed by atoms with Gasteiger partial charge in [0.25, 0.3) is 0 Å². The van der Waals surface area contributed by atoms with Crippen molar-refractivity contribution in [2.45, 2.75) is 42.7 Å². The summed E-state index contributed by atoms with van der Waals surface area (Å²) in [5.41, 5.74) is 0.845. The van der Waals surface area contributed by atoms with Crippen molar-refractivity contribution in [3.63, 3.8) is 0 Å². The third kappa shape index (κ3) is 7.28. The summed E-state index contributed by atoms with van der Waals surface area (Å²) in [5.74, 6) is 1.07. The number of hydrogen-bond acceptors (Lipinski definition) is 4. The van der Waals surface area contributed by atoms with Gasteiger partial charge in [-0.05, 0) is 37.5 Å². The molecule has 0 amide bonds. The Balaban J connectivity index is 1.68. The van der Waals surface area contributed by atoms with Gasteiger partial charge in [-0.2, -0.15) is 11.8 Å². The lowest BCUT2D eigenvalue weighted by atomic mass is 10.2. The molecular weight excluding hydrogens is 354 g/mol. The molecule has 1 aliphatic carbocycles. The molecule has 2 N–H and O–H groups in total. The summed E-state index contributed by atoms with van der Waals surface area (Å²) in [5, 5.41) is 7.41. The van der Waals surface area contributed by atoms with Gasteiger partial charge in [-0.1, -0.05) is 30.3 Å². The van der Waals surface area contributed by atoms with Gasteiger partial charge < -0.3 is 10.6 Å². The highest BCUT2D eigenvalue weighted by atomic mass is 32.2. The molecule has 7 heteroatoms. The molecule has 2 rings (SSSR count). The van der Waals surface area contributed by atoms with E-state index in [-0.39, 0.29) is 11.5 Å². The lowest BCUT2D eigenvalue weighted by molar-refractivity contribution is 0.589. The average Bonchev–Trinajstić information content (AvgIpc) is 3.05. The number of nitrogens with one attached hydrogen (secondary N) is 2. The monoisotopic (exact) mass is 383 g/mol. The van der Waals surface area contributed by atoms with Gasteiger partial charge in [-0.25, -0.2) is 8.42 Å². The van der Waals surface area contributed by atoms with E-state index in [0.29, 0.717) is 19.0 Å². The molecule has 0 aromatic heterocycles. The quantitative estimate of drug-likeness (QED) is 0.410. The summed E-state index contributed by atoms with van der Waals surface area (Å²) in [6, 6.07) is 9.80. The molecule has 0 saturated heterocycles. The van der Waals surface area contributed by atoms with Crippen molar-refractivity contribution in [3.8, 4) is 0 Å². The number of sulfone groups is 1. The zero-order valence-electron chi connectivity index (χ0n) is 15.1. The Morgan fingerprint density at radius 3 is 2.68 bits per heavy atom. The summed E-state index contributed by atoms with van der Waals surface area (Å²) >= 11 is 1.93. The number of nitrogens with zero attached hydrogens (tertiary/aromatic N) is 1. The fraction of sp³-hybridized carbons (Fsp3) is 0.611. The molecule has 1 aromatic carbocycles. The maximum Gasteiger partial charge on any atom is 0.191 e. The van der Waals surface area contributed by atoms with E-state index in [2.05, 4.69) is 21.9 Å². The molecule has 1 fully saturated rings. The van der Waals surface area contributed by atoms with Crippen LogP contribution in [-0.4, -0.2) is 51.3 Å². The second-order valence-corrected chi connectivity index (χ2v) is 9.76. The zero-order chi connectivity index (χ0) is 18.1. The smallest absolute Gasteiger partial charge is 0.191 e. The SMILES string of the molecule is CN=C(NCCCS(=O)(=O)Cc1ccccc1)NC1CCC(SC)C1. The van der Waals surface area contributed by atoms with Crippen LogP contribution < -0.4 is 10.6 Å². The Hall–Kier alpha value is -1.21. The van der Waals surface area contributed by atoms with Gasteiger partial charge in [0.2, 0.25) is 0 Å². The van der Waals surface area contributed by atoms with Crippen molar-refractivity contribution >= 4 is 27.6 Å². The van der Waals surface area contributed by atoms with Gasteiger partial charge >= 0.3 is 0 Å². The first-order valence-electron chi connectivity index (χ1n) is 8.76. The molecule has 5 nitrogen and oxygen atoms in total. The van der Waals surface area contributed by atoms with Gasteiger partial charge in [0.05, 0.1) is 11.5 Å². The fourth-order valence-electron chi connectivity index (χ4n) is 3.07. The topological polar surface area (TPSA) is 70.6 Å². The van der Waals surface area contributed by atoms with Crippen LogP contribution in [0.1, 0.15) is 31.2 Å². The zero-order valence-corrected chi connectivity index (χ0v) is 16.7. The van der Waals surface area contributed by atoms with Crippen LogP contribution in [0.15, 0.2) is 35.3 Å². The molecule has 25 heavy (non-hydrogen) atoms. The average molecular weight is 384 g/mol. The molecule has 1 saturated carbocycles. The Morgan fingerprint density at radius 2 is 2.04 bits per heavy atom. The van der Waals surface area contributed by atoms with Crippen LogP contribution in [-0.2, 0) is 15.6 Å². The molecule has 0 radical (unpaired) electrons. The third-order valence-electron chi connectivity index (χ3n) is 4.44. The highest BCUT2D eigenvalue weighted by Gasteiger charge is 2.24. The van der Waals surface area contributed by atoms with E-state index < -0.39 is 9.84 Å². The second kappa shape index (κ2) is 10.1. The van der Waals surface area contributed by atoms with E-state index in [1.807, 2.05) is 42.1 Å². The lowest BCUT2D eigenvalue weighted by Gasteiger charge is -2.17. The van der Waals surface area contributed by atoms with E-state index in [4.69, 9.17) is 0 Å². The third-order valence-corrected chi connectivity index (χ3v) is 7.21. The molecule has 1 aromatic rings. The predicted octanol–water partition coefficient (Wildman–Crippen LogP) is 2.44. The maximum absolute atomic E-state index is 12.2. The van der Waals surface area contributed by atoms with Crippen molar-refractivity contribution < 1.29 is 8.42 Å². The minimum atomic E-state index is -3.08. The van der Waals surface area contributed by atoms with Crippen molar-refractivity contribution in [1.82, 2.24) is 10.6 Å². The Morgan fingerprint density at radius 1 is 1.28 bits per heavy atom.